The molecule has 0 saturated carbocycles. The van der Waals surface area contributed by atoms with Gasteiger partial charge in [-0.25, -0.2) is 0 Å². The summed E-state index contributed by atoms with van der Waals surface area (Å²) in [6, 6.07) is 10.3. The van der Waals surface area contributed by atoms with Gasteiger partial charge in [0.1, 0.15) is 0 Å². The van der Waals surface area contributed by atoms with Crippen molar-refractivity contribution in [2.45, 2.75) is 27.7 Å². The molecule has 0 bridgehead atoms. The SMILES string of the molecule is CC.CCN(CCO)CCO.Cc1ccccc1. The fourth-order valence-corrected chi connectivity index (χ4v) is 1.25. The number of aryl methyl sites for hydroxylation is 1. The molecule has 0 aliphatic rings. The Balaban J connectivity index is 0. The number of hydrogen-bond acceptors (Lipinski definition) is 3. The number of benzene rings is 1. The highest BCUT2D eigenvalue weighted by atomic mass is 16.3. The second kappa shape index (κ2) is 16.1. The fourth-order valence-electron chi connectivity index (χ4n) is 1.25. The quantitative estimate of drug-likeness (QED) is 0.848. The van der Waals surface area contributed by atoms with E-state index in [1.54, 1.807) is 0 Å². The van der Waals surface area contributed by atoms with Gasteiger partial charge in [0.05, 0.1) is 13.2 Å². The van der Waals surface area contributed by atoms with Crippen LogP contribution >= 0.6 is 0 Å². The first-order chi connectivity index (χ1) is 8.74. The minimum Gasteiger partial charge on any atom is -0.395 e. The Kier molecular flexibility index (Phi) is 17.4. The van der Waals surface area contributed by atoms with Crippen molar-refractivity contribution in [3.05, 3.63) is 35.9 Å². The number of aliphatic hydroxyl groups excluding tert-OH is 2. The van der Waals surface area contributed by atoms with Crippen molar-refractivity contribution in [3.63, 3.8) is 0 Å². The Morgan fingerprint density at radius 1 is 0.944 bits per heavy atom. The fraction of sp³-hybridized carbons (Fsp3) is 0.600. The van der Waals surface area contributed by atoms with Crippen LogP contribution in [0.15, 0.2) is 30.3 Å². The van der Waals surface area contributed by atoms with Gasteiger partial charge in [-0.3, -0.25) is 4.90 Å². The van der Waals surface area contributed by atoms with E-state index >= 15 is 0 Å². The molecule has 0 aliphatic carbocycles. The van der Waals surface area contributed by atoms with Crippen LogP contribution in [0.5, 0.6) is 0 Å². The summed E-state index contributed by atoms with van der Waals surface area (Å²) < 4.78 is 0. The first kappa shape index (κ1) is 19.4. The molecule has 0 unspecified atom stereocenters. The Bertz CT molecular complexity index is 234. The van der Waals surface area contributed by atoms with E-state index < -0.39 is 0 Å². The topological polar surface area (TPSA) is 43.7 Å². The largest absolute Gasteiger partial charge is 0.395 e. The number of nitrogens with zero attached hydrogens (tertiary/aromatic N) is 1. The second-order valence-corrected chi connectivity index (χ2v) is 3.54. The molecule has 0 amide bonds. The van der Waals surface area contributed by atoms with Crippen molar-refractivity contribution in [3.8, 4) is 0 Å². The molecule has 0 spiro atoms. The van der Waals surface area contributed by atoms with Gasteiger partial charge in [0.15, 0.2) is 0 Å². The number of aliphatic hydroxyl groups is 2. The maximum atomic E-state index is 8.47. The van der Waals surface area contributed by atoms with E-state index in [0.717, 1.165) is 6.54 Å². The molecule has 0 atom stereocenters. The zero-order chi connectivity index (χ0) is 14.2. The van der Waals surface area contributed by atoms with Crippen molar-refractivity contribution < 1.29 is 10.2 Å². The summed E-state index contributed by atoms with van der Waals surface area (Å²) in [5, 5.41) is 16.9. The van der Waals surface area contributed by atoms with E-state index in [0.29, 0.717) is 13.1 Å². The van der Waals surface area contributed by atoms with Gasteiger partial charge in [-0.2, -0.15) is 0 Å². The van der Waals surface area contributed by atoms with Gasteiger partial charge in [-0.05, 0) is 13.5 Å². The monoisotopic (exact) mass is 255 g/mol. The molecule has 18 heavy (non-hydrogen) atoms. The summed E-state index contributed by atoms with van der Waals surface area (Å²) in [4.78, 5) is 1.99. The molecule has 2 N–H and O–H groups in total. The Labute approximate surface area is 112 Å². The molecule has 1 aromatic carbocycles. The summed E-state index contributed by atoms with van der Waals surface area (Å²) in [7, 11) is 0. The van der Waals surface area contributed by atoms with E-state index in [9.17, 15) is 0 Å². The zero-order valence-electron chi connectivity index (χ0n) is 12.3. The lowest BCUT2D eigenvalue weighted by Gasteiger charge is -2.16. The number of likely N-dealkylation sites (N-methyl/N-ethyl adjacent to an activating group) is 1. The third kappa shape index (κ3) is 13.2. The lowest BCUT2D eigenvalue weighted by atomic mass is 10.2. The highest BCUT2D eigenvalue weighted by molar-refractivity contribution is 5.11. The van der Waals surface area contributed by atoms with Crippen molar-refractivity contribution in [2.75, 3.05) is 32.8 Å². The van der Waals surface area contributed by atoms with Gasteiger partial charge in [-0.15, -0.1) is 0 Å². The highest BCUT2D eigenvalue weighted by Gasteiger charge is 1.97. The first-order valence-electron chi connectivity index (χ1n) is 6.70. The van der Waals surface area contributed by atoms with Crippen LogP contribution in [0.25, 0.3) is 0 Å². The first-order valence-corrected chi connectivity index (χ1v) is 6.70. The Morgan fingerprint density at radius 2 is 1.39 bits per heavy atom. The van der Waals surface area contributed by atoms with E-state index in [1.165, 1.54) is 5.56 Å². The molecule has 0 fully saturated rings. The van der Waals surface area contributed by atoms with E-state index in [-0.39, 0.29) is 13.2 Å². The Hall–Kier alpha value is -0.900. The van der Waals surface area contributed by atoms with Crippen molar-refractivity contribution in [1.29, 1.82) is 0 Å². The molecular formula is C15H29NO2. The summed E-state index contributed by atoms with van der Waals surface area (Å²) in [5.41, 5.74) is 1.32. The second-order valence-electron chi connectivity index (χ2n) is 3.54. The van der Waals surface area contributed by atoms with E-state index in [2.05, 4.69) is 19.1 Å². The van der Waals surface area contributed by atoms with Crippen LogP contribution in [0.3, 0.4) is 0 Å². The summed E-state index contributed by atoms with van der Waals surface area (Å²) in [6.07, 6.45) is 0. The molecule has 1 aromatic rings. The van der Waals surface area contributed by atoms with Gasteiger partial charge in [0.25, 0.3) is 0 Å². The maximum Gasteiger partial charge on any atom is 0.0558 e. The molecule has 3 nitrogen and oxygen atoms in total. The van der Waals surface area contributed by atoms with Crippen molar-refractivity contribution in [1.82, 2.24) is 4.90 Å². The lowest BCUT2D eigenvalue weighted by molar-refractivity contribution is 0.166. The standard InChI is InChI=1S/C7H8.C6H15NO2.C2H6/c1-7-5-3-2-4-6-7;1-2-7(3-5-8)4-6-9;1-2/h2-6H,1H3;8-9H,2-6H2,1H3;1-2H3. The van der Waals surface area contributed by atoms with Gasteiger partial charge in [-0.1, -0.05) is 56.7 Å². The van der Waals surface area contributed by atoms with Crippen molar-refractivity contribution in [2.24, 2.45) is 0 Å². The van der Waals surface area contributed by atoms with E-state index in [4.69, 9.17) is 10.2 Å². The molecule has 0 saturated heterocycles. The minimum atomic E-state index is 0.174. The van der Waals surface area contributed by atoms with Gasteiger partial charge < -0.3 is 10.2 Å². The average Bonchev–Trinajstić information content (AvgIpc) is 2.42. The van der Waals surface area contributed by atoms with Crippen LogP contribution in [0.4, 0.5) is 0 Å². The molecule has 106 valence electrons. The average molecular weight is 255 g/mol. The molecule has 3 heteroatoms. The number of hydrogen-bond donors (Lipinski definition) is 2. The van der Waals surface area contributed by atoms with Crippen LogP contribution in [0.2, 0.25) is 0 Å². The van der Waals surface area contributed by atoms with Crippen LogP contribution in [-0.4, -0.2) is 48.0 Å². The highest BCUT2D eigenvalue weighted by Crippen LogP contribution is 1.92. The smallest absolute Gasteiger partial charge is 0.0558 e. The molecule has 0 radical (unpaired) electrons. The minimum absolute atomic E-state index is 0.174. The lowest BCUT2D eigenvalue weighted by Crippen LogP contribution is -2.29. The predicted molar refractivity (Wildman–Crippen MR) is 78.8 cm³/mol. The zero-order valence-corrected chi connectivity index (χ0v) is 12.3. The van der Waals surface area contributed by atoms with Gasteiger partial charge >= 0.3 is 0 Å². The summed E-state index contributed by atoms with van der Waals surface area (Å²) in [5.74, 6) is 0. The molecule has 0 aromatic heterocycles. The van der Waals surface area contributed by atoms with Crippen LogP contribution < -0.4 is 0 Å². The molecule has 0 heterocycles. The molecule has 1 rings (SSSR count). The van der Waals surface area contributed by atoms with Crippen LogP contribution in [0, 0.1) is 6.92 Å². The maximum absolute atomic E-state index is 8.47. The predicted octanol–water partition coefficient (Wildman–Crippen LogP) is 2.31. The van der Waals surface area contributed by atoms with Crippen LogP contribution in [0.1, 0.15) is 26.3 Å². The summed E-state index contributed by atoms with van der Waals surface area (Å²) in [6.45, 7) is 10.7. The molecular weight excluding hydrogens is 226 g/mol. The van der Waals surface area contributed by atoms with E-state index in [1.807, 2.05) is 43.9 Å². The van der Waals surface area contributed by atoms with Gasteiger partial charge in [0.2, 0.25) is 0 Å². The Morgan fingerprint density at radius 3 is 1.61 bits per heavy atom. The third-order valence-corrected chi connectivity index (χ3v) is 2.22. The number of rotatable bonds is 5. The van der Waals surface area contributed by atoms with Gasteiger partial charge in [0, 0.05) is 13.1 Å². The third-order valence-electron chi connectivity index (χ3n) is 2.22. The molecule has 0 aliphatic heterocycles. The van der Waals surface area contributed by atoms with Crippen molar-refractivity contribution >= 4 is 0 Å². The van der Waals surface area contributed by atoms with Crippen LogP contribution in [-0.2, 0) is 0 Å². The summed E-state index contributed by atoms with van der Waals surface area (Å²) >= 11 is 0. The normalized spacial score (nSPS) is 9.06.